The van der Waals surface area contributed by atoms with Crippen molar-refractivity contribution < 1.29 is 4.79 Å². The van der Waals surface area contributed by atoms with E-state index in [4.69, 9.17) is 0 Å². The Hall–Kier alpha value is -1.35. The van der Waals surface area contributed by atoms with Crippen molar-refractivity contribution in [2.75, 3.05) is 18.4 Å². The number of rotatable bonds is 3. The van der Waals surface area contributed by atoms with E-state index in [1.807, 2.05) is 13.0 Å². The van der Waals surface area contributed by atoms with Crippen LogP contribution in [-0.4, -0.2) is 29.9 Å². The van der Waals surface area contributed by atoms with Gasteiger partial charge in [0.25, 0.3) is 0 Å². The molecule has 114 valence electrons. The second-order valence-corrected chi connectivity index (χ2v) is 6.72. The summed E-state index contributed by atoms with van der Waals surface area (Å²) in [6, 6.07) is 6.34. The number of carbonyl (C=O) groups excluding carboxylic acids is 1. The van der Waals surface area contributed by atoms with Gasteiger partial charge in [-0.25, -0.2) is 0 Å². The molecule has 0 aromatic heterocycles. The third-order valence-electron chi connectivity index (χ3n) is 5.11. The molecule has 1 amide bonds. The van der Waals surface area contributed by atoms with Crippen molar-refractivity contribution in [3.8, 4) is 0 Å². The Morgan fingerprint density at radius 3 is 2.71 bits per heavy atom. The Morgan fingerprint density at radius 1 is 1.24 bits per heavy atom. The SMILES string of the molecule is CC1CCN([C@@H](C)C(=O)Nc2ccc3c(c2)CCC3)CC1. The monoisotopic (exact) mass is 286 g/mol. The Labute approximate surface area is 127 Å². The summed E-state index contributed by atoms with van der Waals surface area (Å²) in [6.07, 6.45) is 5.99. The van der Waals surface area contributed by atoms with Gasteiger partial charge in [0.2, 0.25) is 5.91 Å². The van der Waals surface area contributed by atoms with Crippen molar-refractivity contribution >= 4 is 11.6 Å². The number of nitrogens with one attached hydrogen (secondary N) is 1. The molecule has 3 heteroatoms. The first-order chi connectivity index (χ1) is 10.1. The summed E-state index contributed by atoms with van der Waals surface area (Å²) in [5.74, 6) is 0.927. The quantitative estimate of drug-likeness (QED) is 0.925. The molecule has 3 rings (SSSR count). The van der Waals surface area contributed by atoms with Gasteiger partial charge in [-0.05, 0) is 81.3 Å². The zero-order valence-corrected chi connectivity index (χ0v) is 13.2. The van der Waals surface area contributed by atoms with E-state index in [9.17, 15) is 4.79 Å². The molecule has 0 saturated carbocycles. The summed E-state index contributed by atoms with van der Waals surface area (Å²) < 4.78 is 0. The predicted octanol–water partition coefficient (Wildman–Crippen LogP) is 3.23. The van der Waals surface area contributed by atoms with Crippen LogP contribution in [-0.2, 0) is 17.6 Å². The van der Waals surface area contributed by atoms with Gasteiger partial charge in [0, 0.05) is 5.69 Å². The Balaban J connectivity index is 1.60. The first-order valence-electron chi connectivity index (χ1n) is 8.30. The lowest BCUT2D eigenvalue weighted by atomic mass is 9.98. The number of carbonyl (C=O) groups is 1. The summed E-state index contributed by atoms with van der Waals surface area (Å²) in [5, 5.41) is 3.10. The van der Waals surface area contributed by atoms with Crippen molar-refractivity contribution in [3.05, 3.63) is 29.3 Å². The minimum absolute atomic E-state index is 0.0363. The Kier molecular flexibility index (Phi) is 4.29. The van der Waals surface area contributed by atoms with Crippen LogP contribution in [0, 0.1) is 5.92 Å². The molecule has 1 fully saturated rings. The maximum Gasteiger partial charge on any atom is 0.241 e. The maximum absolute atomic E-state index is 12.4. The molecule has 1 aromatic carbocycles. The summed E-state index contributed by atoms with van der Waals surface area (Å²) in [6.45, 7) is 6.41. The lowest BCUT2D eigenvalue weighted by Gasteiger charge is -2.34. The molecule has 1 aromatic rings. The fraction of sp³-hybridized carbons (Fsp3) is 0.611. The summed E-state index contributed by atoms with van der Waals surface area (Å²) in [4.78, 5) is 14.7. The van der Waals surface area contributed by atoms with Gasteiger partial charge in [0.1, 0.15) is 0 Å². The number of nitrogens with zero attached hydrogens (tertiary/aromatic N) is 1. The van der Waals surface area contributed by atoms with Crippen LogP contribution in [0.25, 0.3) is 0 Å². The van der Waals surface area contributed by atoms with E-state index in [0.717, 1.165) is 31.1 Å². The van der Waals surface area contributed by atoms with E-state index < -0.39 is 0 Å². The van der Waals surface area contributed by atoms with Crippen molar-refractivity contribution in [1.82, 2.24) is 4.90 Å². The van der Waals surface area contributed by atoms with E-state index in [1.54, 1.807) is 0 Å². The number of benzene rings is 1. The van der Waals surface area contributed by atoms with Crippen molar-refractivity contribution in [3.63, 3.8) is 0 Å². The number of amides is 1. The van der Waals surface area contributed by atoms with Crippen LogP contribution < -0.4 is 5.32 Å². The zero-order valence-electron chi connectivity index (χ0n) is 13.2. The molecule has 0 bridgehead atoms. The molecule has 2 aliphatic rings. The van der Waals surface area contributed by atoms with Crippen LogP contribution in [0.3, 0.4) is 0 Å². The number of aryl methyl sites for hydroxylation is 2. The van der Waals surface area contributed by atoms with Gasteiger partial charge in [-0.15, -0.1) is 0 Å². The van der Waals surface area contributed by atoms with Crippen molar-refractivity contribution in [2.24, 2.45) is 5.92 Å². The Bertz CT molecular complexity index is 518. The summed E-state index contributed by atoms with van der Waals surface area (Å²) >= 11 is 0. The molecule has 21 heavy (non-hydrogen) atoms. The van der Waals surface area contributed by atoms with Crippen LogP contribution in [0.5, 0.6) is 0 Å². The number of hydrogen-bond acceptors (Lipinski definition) is 2. The van der Waals surface area contributed by atoms with Gasteiger partial charge in [0.05, 0.1) is 6.04 Å². The lowest BCUT2D eigenvalue weighted by molar-refractivity contribution is -0.121. The molecule has 3 nitrogen and oxygen atoms in total. The number of piperidine rings is 1. The fourth-order valence-corrected chi connectivity index (χ4v) is 3.48. The van der Waals surface area contributed by atoms with Gasteiger partial charge in [-0.1, -0.05) is 13.0 Å². The van der Waals surface area contributed by atoms with E-state index in [1.165, 1.54) is 36.8 Å². The maximum atomic E-state index is 12.4. The topological polar surface area (TPSA) is 32.3 Å². The highest BCUT2D eigenvalue weighted by Gasteiger charge is 2.25. The van der Waals surface area contributed by atoms with Crippen LogP contribution in [0.1, 0.15) is 44.2 Å². The highest BCUT2D eigenvalue weighted by atomic mass is 16.2. The zero-order chi connectivity index (χ0) is 14.8. The van der Waals surface area contributed by atoms with Crippen molar-refractivity contribution in [2.45, 2.75) is 52.0 Å². The van der Waals surface area contributed by atoms with Crippen LogP contribution in [0.15, 0.2) is 18.2 Å². The van der Waals surface area contributed by atoms with E-state index >= 15 is 0 Å². The lowest BCUT2D eigenvalue weighted by Crippen LogP contribution is -2.45. The second-order valence-electron chi connectivity index (χ2n) is 6.72. The van der Waals surface area contributed by atoms with E-state index in [2.05, 4.69) is 29.3 Å². The molecule has 1 saturated heterocycles. The number of hydrogen-bond donors (Lipinski definition) is 1. The molecular formula is C18H26N2O. The van der Waals surface area contributed by atoms with E-state index in [-0.39, 0.29) is 11.9 Å². The third kappa shape index (κ3) is 3.29. The molecule has 0 spiro atoms. The second kappa shape index (κ2) is 6.18. The molecule has 1 atom stereocenters. The minimum Gasteiger partial charge on any atom is -0.325 e. The highest BCUT2D eigenvalue weighted by molar-refractivity contribution is 5.94. The molecule has 1 N–H and O–H groups in total. The molecule has 1 aliphatic heterocycles. The van der Waals surface area contributed by atoms with Gasteiger partial charge in [-0.3, -0.25) is 9.69 Å². The van der Waals surface area contributed by atoms with Crippen LogP contribution in [0.4, 0.5) is 5.69 Å². The predicted molar refractivity (Wildman–Crippen MR) is 86.5 cm³/mol. The third-order valence-corrected chi connectivity index (χ3v) is 5.11. The molecule has 1 aliphatic carbocycles. The number of fused-ring (bicyclic) bond motifs is 1. The van der Waals surface area contributed by atoms with Crippen molar-refractivity contribution in [1.29, 1.82) is 0 Å². The number of anilines is 1. The highest BCUT2D eigenvalue weighted by Crippen LogP contribution is 2.25. The minimum atomic E-state index is -0.0363. The standard InChI is InChI=1S/C18H26N2O/c1-13-8-10-20(11-9-13)14(2)18(21)19-17-7-6-15-4-3-5-16(15)12-17/h6-7,12-14H,3-5,8-11H2,1-2H3,(H,19,21)/t14-/m0/s1. The largest absolute Gasteiger partial charge is 0.325 e. The molecule has 1 heterocycles. The average molecular weight is 286 g/mol. The van der Waals surface area contributed by atoms with Crippen LogP contribution >= 0.6 is 0 Å². The normalized spacial score (nSPS) is 21.0. The van der Waals surface area contributed by atoms with Gasteiger partial charge >= 0.3 is 0 Å². The van der Waals surface area contributed by atoms with Gasteiger partial charge in [0.15, 0.2) is 0 Å². The smallest absolute Gasteiger partial charge is 0.241 e. The number of likely N-dealkylation sites (tertiary alicyclic amines) is 1. The van der Waals surface area contributed by atoms with Crippen LogP contribution in [0.2, 0.25) is 0 Å². The fourth-order valence-electron chi connectivity index (χ4n) is 3.48. The molecular weight excluding hydrogens is 260 g/mol. The Morgan fingerprint density at radius 2 is 1.95 bits per heavy atom. The first-order valence-corrected chi connectivity index (χ1v) is 8.30. The average Bonchev–Trinajstić information content (AvgIpc) is 2.95. The van der Waals surface area contributed by atoms with Gasteiger partial charge in [-0.2, -0.15) is 0 Å². The molecule has 0 unspecified atom stereocenters. The van der Waals surface area contributed by atoms with Gasteiger partial charge < -0.3 is 5.32 Å². The first kappa shape index (κ1) is 14.6. The van der Waals surface area contributed by atoms with E-state index in [0.29, 0.717) is 0 Å². The summed E-state index contributed by atoms with van der Waals surface area (Å²) in [5.41, 5.74) is 3.82. The molecule has 0 radical (unpaired) electrons. The summed E-state index contributed by atoms with van der Waals surface area (Å²) in [7, 11) is 0.